The summed E-state index contributed by atoms with van der Waals surface area (Å²) in [5.41, 5.74) is -0.332. The number of methoxy groups -OCH3 is 1. The van der Waals surface area contributed by atoms with E-state index >= 15 is 0 Å². The number of carbonyl (C=O) groups excluding carboxylic acids is 1. The van der Waals surface area contributed by atoms with Crippen molar-refractivity contribution in [2.45, 2.75) is 64.8 Å². The van der Waals surface area contributed by atoms with E-state index in [4.69, 9.17) is 9.16 Å². The van der Waals surface area contributed by atoms with Crippen LogP contribution in [0.1, 0.15) is 39.0 Å². The number of ether oxygens (including phenoxy) is 1. The maximum absolute atomic E-state index is 12.2. The molecule has 0 aromatic carbocycles. The monoisotopic (exact) mass is 270 g/mol. The zero-order valence-corrected chi connectivity index (χ0v) is 13.3. The van der Waals surface area contributed by atoms with Crippen molar-refractivity contribution in [1.29, 1.82) is 0 Å². The molecular formula is C14H26O3Si. The summed E-state index contributed by atoms with van der Waals surface area (Å²) in [5, 5.41) is 0. The Bertz CT molecular complexity index is 341. The predicted octanol–water partition coefficient (Wildman–Crippen LogP) is 3.35. The van der Waals surface area contributed by atoms with Crippen LogP contribution < -0.4 is 0 Å². The van der Waals surface area contributed by atoms with E-state index < -0.39 is 13.7 Å². The molecule has 0 aromatic heterocycles. The standard InChI is InChI=1S/C14H26O3Si/c1-13(12(15)16-2)11(17-18(3,4)5)14(13)9-7-6-8-10-14/h11H,6-10H2,1-5H3. The van der Waals surface area contributed by atoms with Gasteiger partial charge in [-0.3, -0.25) is 4.79 Å². The third-order valence-corrected chi connectivity index (χ3v) is 5.75. The first-order chi connectivity index (χ1) is 8.28. The summed E-state index contributed by atoms with van der Waals surface area (Å²) in [5.74, 6) is -0.0762. The van der Waals surface area contributed by atoms with E-state index in [9.17, 15) is 4.79 Å². The summed E-state index contributed by atoms with van der Waals surface area (Å²) in [6, 6.07) is 0. The molecule has 0 aliphatic heterocycles. The minimum absolute atomic E-state index is 0.0681. The number of carbonyl (C=O) groups is 1. The fraction of sp³-hybridized carbons (Fsp3) is 0.929. The highest BCUT2D eigenvalue weighted by Gasteiger charge is 2.79. The molecule has 4 heteroatoms. The van der Waals surface area contributed by atoms with Gasteiger partial charge in [-0.1, -0.05) is 19.3 Å². The maximum atomic E-state index is 12.2. The van der Waals surface area contributed by atoms with Crippen LogP contribution in [-0.2, 0) is 14.0 Å². The average Bonchev–Trinajstić information content (AvgIpc) is 2.77. The summed E-state index contributed by atoms with van der Waals surface area (Å²) in [7, 11) is -0.129. The second-order valence-electron chi connectivity index (χ2n) is 7.02. The van der Waals surface area contributed by atoms with Crippen LogP contribution >= 0.6 is 0 Å². The van der Waals surface area contributed by atoms with E-state index in [2.05, 4.69) is 26.6 Å². The van der Waals surface area contributed by atoms with Crippen LogP contribution in [0.4, 0.5) is 0 Å². The van der Waals surface area contributed by atoms with Gasteiger partial charge in [-0.2, -0.15) is 0 Å². The summed E-state index contributed by atoms with van der Waals surface area (Å²) in [6.07, 6.45) is 6.06. The van der Waals surface area contributed by atoms with Gasteiger partial charge in [0.05, 0.1) is 18.6 Å². The molecule has 2 saturated carbocycles. The number of hydrogen-bond acceptors (Lipinski definition) is 3. The highest BCUT2D eigenvalue weighted by Crippen LogP contribution is 2.72. The van der Waals surface area contributed by atoms with Crippen LogP contribution in [0.25, 0.3) is 0 Å². The van der Waals surface area contributed by atoms with E-state index in [1.807, 2.05) is 0 Å². The van der Waals surface area contributed by atoms with Crippen molar-refractivity contribution in [2.24, 2.45) is 10.8 Å². The third-order valence-electron chi connectivity index (χ3n) is 4.80. The normalized spacial score (nSPS) is 34.4. The molecule has 2 atom stereocenters. The third kappa shape index (κ3) is 1.94. The zero-order chi connectivity index (χ0) is 13.6. The molecule has 0 bridgehead atoms. The van der Waals surface area contributed by atoms with Gasteiger partial charge >= 0.3 is 5.97 Å². The topological polar surface area (TPSA) is 35.5 Å². The Morgan fingerprint density at radius 3 is 2.17 bits per heavy atom. The van der Waals surface area contributed by atoms with Crippen LogP contribution in [0, 0.1) is 10.8 Å². The van der Waals surface area contributed by atoms with Crippen LogP contribution in [0.15, 0.2) is 0 Å². The molecule has 0 saturated heterocycles. The molecule has 2 rings (SSSR count). The molecule has 0 aromatic rings. The molecule has 2 fully saturated rings. The average molecular weight is 270 g/mol. The second kappa shape index (κ2) is 4.34. The second-order valence-corrected chi connectivity index (χ2v) is 11.5. The van der Waals surface area contributed by atoms with Crippen molar-refractivity contribution < 1.29 is 14.0 Å². The van der Waals surface area contributed by atoms with Gasteiger partial charge in [0.2, 0.25) is 0 Å². The molecule has 2 unspecified atom stereocenters. The molecule has 18 heavy (non-hydrogen) atoms. The molecule has 1 spiro atoms. The molecular weight excluding hydrogens is 244 g/mol. The SMILES string of the molecule is COC(=O)C1(C)C(O[Si](C)(C)C)C12CCCCC2. The summed E-state index contributed by atoms with van der Waals surface area (Å²) < 4.78 is 11.4. The molecule has 0 N–H and O–H groups in total. The first-order valence-corrected chi connectivity index (χ1v) is 10.4. The molecule has 3 nitrogen and oxygen atoms in total. The van der Waals surface area contributed by atoms with Crippen molar-refractivity contribution in [3.63, 3.8) is 0 Å². The quantitative estimate of drug-likeness (QED) is 0.583. The lowest BCUT2D eigenvalue weighted by Crippen LogP contribution is -2.30. The van der Waals surface area contributed by atoms with Crippen molar-refractivity contribution in [2.75, 3.05) is 7.11 Å². The van der Waals surface area contributed by atoms with Gasteiger partial charge in [0, 0.05) is 5.41 Å². The molecule has 104 valence electrons. The molecule has 0 heterocycles. The van der Waals surface area contributed by atoms with Crippen LogP contribution in [0.2, 0.25) is 19.6 Å². The Hall–Kier alpha value is -0.353. The van der Waals surface area contributed by atoms with Gasteiger partial charge in [-0.15, -0.1) is 0 Å². The van der Waals surface area contributed by atoms with Crippen LogP contribution in [-0.4, -0.2) is 27.5 Å². The minimum Gasteiger partial charge on any atom is -0.469 e. The Morgan fingerprint density at radius 2 is 1.72 bits per heavy atom. The van der Waals surface area contributed by atoms with Crippen molar-refractivity contribution in [3.05, 3.63) is 0 Å². The summed E-state index contributed by atoms with van der Waals surface area (Å²) in [4.78, 5) is 12.2. The maximum Gasteiger partial charge on any atom is 0.314 e. The number of esters is 1. The van der Waals surface area contributed by atoms with E-state index in [1.165, 1.54) is 26.4 Å². The molecule has 2 aliphatic carbocycles. The van der Waals surface area contributed by atoms with E-state index in [-0.39, 0.29) is 17.5 Å². The lowest BCUT2D eigenvalue weighted by Gasteiger charge is -2.26. The first kappa shape index (κ1) is 14.1. The lowest BCUT2D eigenvalue weighted by atomic mass is 9.80. The first-order valence-electron chi connectivity index (χ1n) is 7.04. The van der Waals surface area contributed by atoms with Gasteiger partial charge in [0.15, 0.2) is 8.32 Å². The van der Waals surface area contributed by atoms with E-state index in [0.29, 0.717) is 0 Å². The fourth-order valence-corrected chi connectivity index (χ4v) is 4.96. The van der Waals surface area contributed by atoms with Crippen molar-refractivity contribution in [1.82, 2.24) is 0 Å². The number of hydrogen-bond donors (Lipinski definition) is 0. The largest absolute Gasteiger partial charge is 0.469 e. The Kier molecular flexibility index (Phi) is 3.39. The van der Waals surface area contributed by atoms with Gasteiger partial charge in [0.25, 0.3) is 0 Å². The molecule has 2 aliphatic rings. The summed E-state index contributed by atoms with van der Waals surface area (Å²) >= 11 is 0. The van der Waals surface area contributed by atoms with Gasteiger partial charge in [-0.05, 0) is 39.4 Å². The van der Waals surface area contributed by atoms with Gasteiger partial charge in [0.1, 0.15) is 0 Å². The Labute approximate surface area is 111 Å². The Morgan fingerprint density at radius 1 is 1.17 bits per heavy atom. The molecule has 0 amide bonds. The predicted molar refractivity (Wildman–Crippen MR) is 73.9 cm³/mol. The van der Waals surface area contributed by atoms with Crippen molar-refractivity contribution in [3.8, 4) is 0 Å². The van der Waals surface area contributed by atoms with E-state index in [1.54, 1.807) is 0 Å². The highest BCUT2D eigenvalue weighted by molar-refractivity contribution is 6.69. The zero-order valence-electron chi connectivity index (χ0n) is 12.3. The van der Waals surface area contributed by atoms with Gasteiger partial charge < -0.3 is 9.16 Å². The fourth-order valence-electron chi connectivity index (χ4n) is 3.79. The van der Waals surface area contributed by atoms with E-state index in [0.717, 1.165) is 12.8 Å². The smallest absolute Gasteiger partial charge is 0.314 e. The van der Waals surface area contributed by atoms with Crippen molar-refractivity contribution >= 4 is 14.3 Å². The van der Waals surface area contributed by atoms with Crippen LogP contribution in [0.5, 0.6) is 0 Å². The highest BCUT2D eigenvalue weighted by atomic mass is 28.4. The Balaban J connectivity index is 2.24. The summed E-state index contributed by atoms with van der Waals surface area (Å²) in [6.45, 7) is 8.63. The lowest BCUT2D eigenvalue weighted by molar-refractivity contribution is -0.149. The number of rotatable bonds is 3. The molecule has 0 radical (unpaired) electrons. The van der Waals surface area contributed by atoms with Crippen LogP contribution in [0.3, 0.4) is 0 Å². The minimum atomic E-state index is -1.62. The van der Waals surface area contributed by atoms with Gasteiger partial charge in [-0.25, -0.2) is 0 Å².